The average Bonchev–Trinajstić information content (AvgIpc) is 2.98. The lowest BCUT2D eigenvalue weighted by molar-refractivity contribution is -0.118. The van der Waals surface area contributed by atoms with Crippen molar-refractivity contribution in [2.75, 3.05) is 25.0 Å². The summed E-state index contributed by atoms with van der Waals surface area (Å²) in [6, 6.07) is 11.6. The number of halogens is 2. The van der Waals surface area contributed by atoms with Gasteiger partial charge in [0.2, 0.25) is 15.9 Å². The molecule has 0 saturated carbocycles. The van der Waals surface area contributed by atoms with Gasteiger partial charge in [-0.15, -0.1) is 0 Å². The van der Waals surface area contributed by atoms with E-state index in [0.29, 0.717) is 11.6 Å². The summed E-state index contributed by atoms with van der Waals surface area (Å²) in [7, 11) is -2.34. The van der Waals surface area contributed by atoms with Crippen LogP contribution in [-0.4, -0.2) is 38.8 Å². The zero-order valence-electron chi connectivity index (χ0n) is 13.4. The van der Waals surface area contributed by atoms with Crippen molar-refractivity contribution in [1.82, 2.24) is 4.31 Å². The molecule has 0 fully saturated rings. The largest absolute Gasteiger partial charge is 0.311 e. The molecule has 8 heteroatoms. The minimum Gasteiger partial charge on any atom is -0.311 e. The van der Waals surface area contributed by atoms with Crippen molar-refractivity contribution < 1.29 is 13.2 Å². The fraction of sp³-hybridized carbons (Fsp3) is 0.235. The smallest absolute Gasteiger partial charge is 0.243 e. The Bertz CT molecular complexity index is 916. The number of amides is 1. The van der Waals surface area contributed by atoms with Crippen LogP contribution in [0, 0.1) is 0 Å². The van der Waals surface area contributed by atoms with E-state index in [-0.39, 0.29) is 17.3 Å². The van der Waals surface area contributed by atoms with E-state index >= 15 is 0 Å². The monoisotopic (exact) mass is 442 g/mol. The molecule has 1 amide bonds. The first-order chi connectivity index (χ1) is 11.8. The maximum absolute atomic E-state index is 12.6. The molecule has 0 bridgehead atoms. The molecule has 25 heavy (non-hydrogen) atoms. The third-order valence-electron chi connectivity index (χ3n) is 4.12. The Kier molecular flexibility index (Phi) is 5.20. The Labute approximate surface area is 160 Å². The summed E-state index contributed by atoms with van der Waals surface area (Å²) in [5.74, 6) is -0.249. The predicted octanol–water partition coefficient (Wildman–Crippen LogP) is 3.31. The fourth-order valence-electron chi connectivity index (χ4n) is 2.78. The lowest BCUT2D eigenvalue weighted by Crippen LogP contribution is -2.40. The standard InChI is InChI=1S/C17H16BrClN2O3S/c1-20(25(23,24)15-5-3-14(19)4-6-15)11-17(22)21-9-8-12-10-13(18)2-7-16(12)21/h2-7,10H,8-9,11H2,1H3. The van der Waals surface area contributed by atoms with Crippen molar-refractivity contribution >= 4 is 49.1 Å². The van der Waals surface area contributed by atoms with Crippen LogP contribution in [0.4, 0.5) is 5.69 Å². The van der Waals surface area contributed by atoms with Crippen LogP contribution in [0.25, 0.3) is 0 Å². The Morgan fingerprint density at radius 3 is 2.60 bits per heavy atom. The van der Waals surface area contributed by atoms with Crippen LogP contribution in [0.3, 0.4) is 0 Å². The Balaban J connectivity index is 1.76. The molecule has 1 heterocycles. The highest BCUT2D eigenvalue weighted by Gasteiger charge is 2.29. The summed E-state index contributed by atoms with van der Waals surface area (Å²) in [5.41, 5.74) is 1.91. The summed E-state index contributed by atoms with van der Waals surface area (Å²) in [5, 5.41) is 0.456. The molecule has 132 valence electrons. The maximum atomic E-state index is 12.6. The van der Waals surface area contributed by atoms with Crippen LogP contribution in [0.5, 0.6) is 0 Å². The zero-order valence-corrected chi connectivity index (χ0v) is 16.6. The number of benzene rings is 2. The number of carbonyl (C=O) groups is 1. The van der Waals surface area contributed by atoms with Gasteiger partial charge >= 0.3 is 0 Å². The van der Waals surface area contributed by atoms with Crippen LogP contribution in [0.15, 0.2) is 51.8 Å². The molecule has 0 spiro atoms. The minimum absolute atomic E-state index is 0.109. The number of anilines is 1. The summed E-state index contributed by atoms with van der Waals surface area (Å²) in [6.45, 7) is 0.333. The van der Waals surface area contributed by atoms with Gasteiger partial charge in [-0.05, 0) is 54.4 Å². The number of fused-ring (bicyclic) bond motifs is 1. The first kappa shape index (κ1) is 18.4. The second-order valence-electron chi connectivity index (χ2n) is 5.78. The molecular formula is C17H16BrClN2O3S. The number of hydrogen-bond donors (Lipinski definition) is 0. The molecule has 0 radical (unpaired) electrons. The number of hydrogen-bond acceptors (Lipinski definition) is 3. The molecule has 0 aliphatic carbocycles. The van der Waals surface area contributed by atoms with Crippen molar-refractivity contribution in [1.29, 1.82) is 0 Å². The molecule has 0 saturated heterocycles. The van der Waals surface area contributed by atoms with E-state index in [1.54, 1.807) is 4.90 Å². The van der Waals surface area contributed by atoms with Crippen LogP contribution in [0.2, 0.25) is 5.02 Å². The van der Waals surface area contributed by atoms with Gasteiger partial charge in [0.05, 0.1) is 11.4 Å². The third kappa shape index (κ3) is 3.74. The summed E-state index contributed by atoms with van der Waals surface area (Å²) in [4.78, 5) is 14.4. The normalized spacial score (nSPS) is 14.0. The van der Waals surface area contributed by atoms with Gasteiger partial charge in [0.25, 0.3) is 0 Å². The van der Waals surface area contributed by atoms with E-state index in [9.17, 15) is 13.2 Å². The van der Waals surface area contributed by atoms with Crippen LogP contribution in [-0.2, 0) is 21.2 Å². The quantitative estimate of drug-likeness (QED) is 0.728. The van der Waals surface area contributed by atoms with Crippen LogP contribution in [0.1, 0.15) is 5.56 Å². The molecule has 0 unspecified atom stereocenters. The van der Waals surface area contributed by atoms with Gasteiger partial charge in [-0.2, -0.15) is 4.31 Å². The summed E-state index contributed by atoms with van der Waals surface area (Å²) < 4.78 is 27.2. The first-order valence-electron chi connectivity index (χ1n) is 7.60. The summed E-state index contributed by atoms with van der Waals surface area (Å²) in [6.07, 6.45) is 0.758. The van der Waals surface area contributed by atoms with Crippen molar-refractivity contribution in [3.8, 4) is 0 Å². The molecule has 3 rings (SSSR count). The van der Waals surface area contributed by atoms with E-state index in [1.807, 2.05) is 18.2 Å². The van der Waals surface area contributed by atoms with Gasteiger partial charge in [0.1, 0.15) is 0 Å². The van der Waals surface area contributed by atoms with E-state index in [2.05, 4.69) is 15.9 Å². The van der Waals surface area contributed by atoms with Gasteiger partial charge in [0, 0.05) is 28.8 Å². The predicted molar refractivity (Wildman–Crippen MR) is 101 cm³/mol. The Hall–Kier alpha value is -1.41. The van der Waals surface area contributed by atoms with Gasteiger partial charge in [-0.1, -0.05) is 27.5 Å². The molecule has 0 N–H and O–H groups in total. The molecule has 1 aliphatic heterocycles. The van der Waals surface area contributed by atoms with E-state index in [4.69, 9.17) is 11.6 Å². The minimum atomic E-state index is -3.74. The maximum Gasteiger partial charge on any atom is 0.243 e. The Morgan fingerprint density at radius 2 is 1.92 bits per heavy atom. The van der Waals surface area contributed by atoms with Crippen LogP contribution >= 0.6 is 27.5 Å². The number of carbonyl (C=O) groups excluding carboxylic acids is 1. The van der Waals surface area contributed by atoms with E-state index in [1.165, 1.54) is 31.3 Å². The highest BCUT2D eigenvalue weighted by Crippen LogP contribution is 2.30. The van der Waals surface area contributed by atoms with Crippen molar-refractivity contribution in [2.45, 2.75) is 11.3 Å². The van der Waals surface area contributed by atoms with E-state index in [0.717, 1.165) is 26.4 Å². The van der Waals surface area contributed by atoms with Crippen molar-refractivity contribution in [3.05, 3.63) is 57.5 Å². The zero-order chi connectivity index (χ0) is 18.2. The number of sulfonamides is 1. The van der Waals surface area contributed by atoms with Gasteiger partial charge in [0.15, 0.2) is 0 Å². The third-order valence-corrected chi connectivity index (χ3v) is 6.68. The van der Waals surface area contributed by atoms with Gasteiger partial charge < -0.3 is 4.90 Å². The molecule has 0 aromatic heterocycles. The molecule has 0 atom stereocenters. The average molecular weight is 444 g/mol. The Morgan fingerprint density at radius 1 is 1.24 bits per heavy atom. The molecular weight excluding hydrogens is 428 g/mol. The second-order valence-corrected chi connectivity index (χ2v) is 9.18. The number of nitrogens with zero attached hydrogens (tertiary/aromatic N) is 2. The fourth-order valence-corrected chi connectivity index (χ4v) is 4.43. The SMILES string of the molecule is CN(CC(=O)N1CCc2cc(Br)ccc21)S(=O)(=O)c1ccc(Cl)cc1. The molecule has 2 aromatic carbocycles. The molecule has 2 aromatic rings. The second kappa shape index (κ2) is 7.07. The van der Waals surface area contributed by atoms with Crippen molar-refractivity contribution in [3.63, 3.8) is 0 Å². The summed E-state index contributed by atoms with van der Waals surface area (Å²) >= 11 is 9.22. The number of likely N-dealkylation sites (N-methyl/N-ethyl adjacent to an activating group) is 1. The lowest BCUT2D eigenvalue weighted by Gasteiger charge is -2.22. The number of rotatable bonds is 4. The first-order valence-corrected chi connectivity index (χ1v) is 10.2. The van der Waals surface area contributed by atoms with Gasteiger partial charge in [-0.3, -0.25) is 4.79 Å². The highest BCUT2D eigenvalue weighted by atomic mass is 79.9. The lowest BCUT2D eigenvalue weighted by atomic mass is 10.2. The van der Waals surface area contributed by atoms with E-state index < -0.39 is 10.0 Å². The highest BCUT2D eigenvalue weighted by molar-refractivity contribution is 9.10. The van der Waals surface area contributed by atoms with Crippen molar-refractivity contribution in [2.24, 2.45) is 0 Å². The topological polar surface area (TPSA) is 57.7 Å². The molecule has 1 aliphatic rings. The van der Waals surface area contributed by atoms with Crippen LogP contribution < -0.4 is 4.90 Å². The molecule has 5 nitrogen and oxygen atoms in total. The van der Waals surface area contributed by atoms with Gasteiger partial charge in [-0.25, -0.2) is 8.42 Å².